The second-order valence-electron chi connectivity index (χ2n) is 7.41. The second-order valence-corrected chi connectivity index (χ2v) is 7.41. The van der Waals surface area contributed by atoms with Crippen LogP contribution in [0, 0.1) is 0 Å². The lowest BCUT2D eigenvalue weighted by atomic mass is 10.0. The number of rotatable bonds is 6. The highest BCUT2D eigenvalue weighted by molar-refractivity contribution is 5.95. The van der Waals surface area contributed by atoms with Gasteiger partial charge in [0.05, 0.1) is 13.2 Å². The number of amides is 1. The van der Waals surface area contributed by atoms with E-state index in [1.54, 1.807) is 25.3 Å². The van der Waals surface area contributed by atoms with Gasteiger partial charge in [-0.25, -0.2) is 0 Å². The molecule has 1 fully saturated rings. The van der Waals surface area contributed by atoms with Crippen molar-refractivity contribution < 1.29 is 19.0 Å². The molecule has 2 aliphatic heterocycles. The number of nitrogens with zero attached hydrogens (tertiary/aromatic N) is 2. The number of piperazine rings is 1. The van der Waals surface area contributed by atoms with Crippen LogP contribution in [0.5, 0.6) is 17.2 Å². The Labute approximate surface area is 171 Å². The van der Waals surface area contributed by atoms with Gasteiger partial charge in [0.2, 0.25) is 6.79 Å². The first-order valence-corrected chi connectivity index (χ1v) is 9.88. The van der Waals surface area contributed by atoms with Crippen LogP contribution in [-0.4, -0.2) is 69.4 Å². The van der Waals surface area contributed by atoms with E-state index in [-0.39, 0.29) is 18.7 Å². The van der Waals surface area contributed by atoms with Crippen LogP contribution in [-0.2, 0) is 0 Å². The third kappa shape index (κ3) is 4.46. The summed E-state index contributed by atoms with van der Waals surface area (Å²) in [5.41, 5.74) is 1.74. The number of benzene rings is 2. The summed E-state index contributed by atoms with van der Waals surface area (Å²) in [7, 11) is 3.81. The molecule has 0 unspecified atom stereocenters. The van der Waals surface area contributed by atoms with Crippen molar-refractivity contribution in [1.82, 2.24) is 15.1 Å². The van der Waals surface area contributed by atoms with Crippen LogP contribution >= 0.6 is 0 Å². The summed E-state index contributed by atoms with van der Waals surface area (Å²) in [5, 5.41) is 3.10. The van der Waals surface area contributed by atoms with Crippen molar-refractivity contribution in [2.75, 3.05) is 53.7 Å². The van der Waals surface area contributed by atoms with Gasteiger partial charge in [-0.2, -0.15) is 0 Å². The Balaban J connectivity index is 1.47. The first-order valence-electron chi connectivity index (χ1n) is 9.88. The minimum Gasteiger partial charge on any atom is -0.497 e. The van der Waals surface area contributed by atoms with Gasteiger partial charge in [-0.1, -0.05) is 12.1 Å². The van der Waals surface area contributed by atoms with Crippen LogP contribution < -0.4 is 19.5 Å². The van der Waals surface area contributed by atoms with Gasteiger partial charge in [0.1, 0.15) is 5.75 Å². The average Bonchev–Trinajstić information content (AvgIpc) is 3.23. The van der Waals surface area contributed by atoms with Crippen LogP contribution in [0.4, 0.5) is 0 Å². The highest BCUT2D eigenvalue weighted by atomic mass is 16.7. The number of carbonyl (C=O) groups is 1. The molecule has 2 aliphatic rings. The molecule has 7 heteroatoms. The van der Waals surface area contributed by atoms with Crippen molar-refractivity contribution in [3.05, 3.63) is 53.6 Å². The number of hydrogen-bond donors (Lipinski definition) is 1. The van der Waals surface area contributed by atoms with E-state index < -0.39 is 0 Å². The molecule has 0 spiro atoms. The Kier molecular flexibility index (Phi) is 5.87. The molecule has 154 valence electrons. The van der Waals surface area contributed by atoms with Gasteiger partial charge >= 0.3 is 0 Å². The maximum Gasteiger partial charge on any atom is 0.251 e. The van der Waals surface area contributed by atoms with E-state index in [9.17, 15) is 4.79 Å². The zero-order chi connectivity index (χ0) is 20.2. The molecule has 1 N–H and O–H groups in total. The first kappa shape index (κ1) is 19.5. The van der Waals surface area contributed by atoms with E-state index in [1.165, 1.54) is 5.56 Å². The summed E-state index contributed by atoms with van der Waals surface area (Å²) in [4.78, 5) is 17.5. The number of carbonyl (C=O) groups excluding carboxylic acids is 1. The normalized spacial score (nSPS) is 17.7. The zero-order valence-corrected chi connectivity index (χ0v) is 16.9. The molecule has 4 rings (SSSR count). The number of methoxy groups -OCH3 is 1. The van der Waals surface area contributed by atoms with Gasteiger partial charge in [-0.3, -0.25) is 9.69 Å². The van der Waals surface area contributed by atoms with Crippen molar-refractivity contribution >= 4 is 5.91 Å². The minimum absolute atomic E-state index is 0.104. The summed E-state index contributed by atoms with van der Waals surface area (Å²) >= 11 is 0. The van der Waals surface area contributed by atoms with Crippen molar-refractivity contribution in [1.29, 1.82) is 0 Å². The van der Waals surface area contributed by atoms with Gasteiger partial charge in [0.25, 0.3) is 5.91 Å². The summed E-state index contributed by atoms with van der Waals surface area (Å²) in [6.07, 6.45) is 0. The highest BCUT2D eigenvalue weighted by Crippen LogP contribution is 2.32. The summed E-state index contributed by atoms with van der Waals surface area (Å²) in [6.45, 7) is 4.69. The molecule has 2 aromatic rings. The van der Waals surface area contributed by atoms with Crippen LogP contribution in [0.25, 0.3) is 0 Å². The molecule has 0 aliphatic carbocycles. The third-order valence-corrected chi connectivity index (χ3v) is 5.57. The van der Waals surface area contributed by atoms with E-state index in [1.807, 2.05) is 12.1 Å². The fourth-order valence-electron chi connectivity index (χ4n) is 3.75. The van der Waals surface area contributed by atoms with Gasteiger partial charge < -0.3 is 24.4 Å². The molecule has 0 aromatic heterocycles. The van der Waals surface area contributed by atoms with Crippen molar-refractivity contribution in [3.8, 4) is 17.2 Å². The van der Waals surface area contributed by atoms with E-state index >= 15 is 0 Å². The molecule has 0 radical (unpaired) electrons. The predicted molar refractivity (Wildman–Crippen MR) is 110 cm³/mol. The fraction of sp³-hybridized carbons (Fsp3) is 0.409. The first-order chi connectivity index (χ1) is 14.1. The Morgan fingerprint density at radius 2 is 1.79 bits per heavy atom. The molecule has 2 heterocycles. The molecule has 0 saturated carbocycles. The highest BCUT2D eigenvalue weighted by Gasteiger charge is 2.25. The van der Waals surface area contributed by atoms with Crippen molar-refractivity contribution in [2.24, 2.45) is 0 Å². The molecule has 1 atom stereocenters. The van der Waals surface area contributed by atoms with Gasteiger partial charge in [0, 0.05) is 38.3 Å². The molecular formula is C22H27N3O4. The summed E-state index contributed by atoms with van der Waals surface area (Å²) in [5.74, 6) is 2.00. The minimum atomic E-state index is -0.115. The lowest BCUT2D eigenvalue weighted by molar-refractivity contribution is 0.0886. The molecule has 1 saturated heterocycles. The average molecular weight is 397 g/mol. The maximum atomic E-state index is 12.8. The van der Waals surface area contributed by atoms with Gasteiger partial charge in [0.15, 0.2) is 11.5 Å². The fourth-order valence-corrected chi connectivity index (χ4v) is 3.75. The van der Waals surface area contributed by atoms with E-state index in [0.717, 1.165) is 31.9 Å². The standard InChI is InChI=1S/C22H27N3O4/c1-24-9-11-25(12-10-24)19(16-3-6-18(27-2)7-4-16)14-23-22(26)17-5-8-20-21(13-17)29-15-28-20/h3-8,13,19H,9-12,14-15H2,1-2H3,(H,23,26)/t19-/m1/s1. The van der Waals surface area contributed by atoms with Crippen molar-refractivity contribution in [3.63, 3.8) is 0 Å². The summed E-state index contributed by atoms with van der Waals surface area (Å²) < 4.78 is 16.0. The SMILES string of the molecule is COc1ccc([C@@H](CNC(=O)c2ccc3c(c2)OCO3)N2CCN(C)CC2)cc1. The van der Waals surface area contributed by atoms with E-state index in [2.05, 4.69) is 34.3 Å². The predicted octanol–water partition coefficient (Wildman–Crippen LogP) is 2.14. The topological polar surface area (TPSA) is 63.3 Å². The Morgan fingerprint density at radius 3 is 2.52 bits per heavy atom. The lowest BCUT2D eigenvalue weighted by Crippen LogP contribution is -2.48. The number of hydrogen-bond acceptors (Lipinski definition) is 6. The van der Waals surface area contributed by atoms with Crippen LogP contribution in [0.3, 0.4) is 0 Å². The molecule has 0 bridgehead atoms. The molecule has 7 nitrogen and oxygen atoms in total. The third-order valence-electron chi connectivity index (χ3n) is 5.57. The zero-order valence-electron chi connectivity index (χ0n) is 16.9. The van der Waals surface area contributed by atoms with Crippen LogP contribution in [0.1, 0.15) is 22.0 Å². The Bertz CT molecular complexity index is 848. The van der Waals surface area contributed by atoms with E-state index in [4.69, 9.17) is 14.2 Å². The smallest absolute Gasteiger partial charge is 0.251 e. The number of nitrogens with one attached hydrogen (secondary N) is 1. The maximum absolute atomic E-state index is 12.8. The monoisotopic (exact) mass is 397 g/mol. The van der Waals surface area contributed by atoms with Gasteiger partial charge in [-0.05, 0) is 42.9 Å². The molecular weight excluding hydrogens is 370 g/mol. The lowest BCUT2D eigenvalue weighted by Gasteiger charge is -2.38. The number of fused-ring (bicyclic) bond motifs is 1. The molecule has 1 amide bonds. The van der Waals surface area contributed by atoms with Crippen molar-refractivity contribution in [2.45, 2.75) is 6.04 Å². The second kappa shape index (κ2) is 8.71. The Morgan fingerprint density at radius 1 is 1.07 bits per heavy atom. The number of likely N-dealkylation sites (N-methyl/N-ethyl adjacent to an activating group) is 1. The largest absolute Gasteiger partial charge is 0.497 e. The summed E-state index contributed by atoms with van der Waals surface area (Å²) in [6, 6.07) is 13.5. The number of ether oxygens (including phenoxy) is 3. The Hall–Kier alpha value is -2.77. The van der Waals surface area contributed by atoms with Gasteiger partial charge in [-0.15, -0.1) is 0 Å². The molecule has 29 heavy (non-hydrogen) atoms. The van der Waals surface area contributed by atoms with Crippen LogP contribution in [0.15, 0.2) is 42.5 Å². The van der Waals surface area contributed by atoms with E-state index in [0.29, 0.717) is 23.6 Å². The molecule has 2 aromatic carbocycles. The quantitative estimate of drug-likeness (QED) is 0.806. The van der Waals surface area contributed by atoms with Crippen LogP contribution in [0.2, 0.25) is 0 Å².